The van der Waals surface area contributed by atoms with Gasteiger partial charge in [0.15, 0.2) is 0 Å². The van der Waals surface area contributed by atoms with E-state index in [1.807, 2.05) is 0 Å². The number of hydrogen-bond acceptors (Lipinski definition) is 7. The zero-order valence-corrected chi connectivity index (χ0v) is 16.6. The topological polar surface area (TPSA) is 113 Å². The van der Waals surface area contributed by atoms with Gasteiger partial charge in [-0.3, -0.25) is 19.2 Å². The van der Waals surface area contributed by atoms with Crippen molar-refractivity contribution in [3.05, 3.63) is 29.8 Å². The van der Waals surface area contributed by atoms with E-state index in [4.69, 9.17) is 9.47 Å². The molecule has 1 aromatic rings. The van der Waals surface area contributed by atoms with Crippen LogP contribution >= 0.6 is 0 Å². The molecule has 0 fully saturated rings. The molecule has 2 amide bonds. The van der Waals surface area contributed by atoms with Gasteiger partial charge >= 0.3 is 11.9 Å². The molecule has 158 valence electrons. The van der Waals surface area contributed by atoms with Crippen LogP contribution in [0.3, 0.4) is 0 Å². The SMILES string of the molecule is CCOC(=O)CC(=O)N1CCC(=O)N(CC(=O)OCC)c2ccccc2C(O)C1. The Hall–Kier alpha value is -2.94. The fourth-order valence-electron chi connectivity index (χ4n) is 3.10. The first-order valence-corrected chi connectivity index (χ1v) is 9.53. The molecule has 1 heterocycles. The van der Waals surface area contributed by atoms with Crippen LogP contribution in [0.1, 0.15) is 38.4 Å². The van der Waals surface area contributed by atoms with Crippen LogP contribution in [0.2, 0.25) is 0 Å². The minimum absolute atomic E-state index is 0.00143. The van der Waals surface area contributed by atoms with E-state index in [-0.39, 0.29) is 39.3 Å². The first kappa shape index (κ1) is 22.4. The average molecular weight is 406 g/mol. The highest BCUT2D eigenvalue weighted by Gasteiger charge is 2.30. The minimum Gasteiger partial charge on any atom is -0.466 e. The second kappa shape index (κ2) is 10.6. The van der Waals surface area contributed by atoms with Gasteiger partial charge in [-0.25, -0.2) is 0 Å². The van der Waals surface area contributed by atoms with E-state index in [0.717, 1.165) is 0 Å². The van der Waals surface area contributed by atoms with Crippen molar-refractivity contribution in [2.75, 3.05) is 37.7 Å². The van der Waals surface area contributed by atoms with Crippen LogP contribution in [0, 0.1) is 0 Å². The molecule has 0 aliphatic carbocycles. The van der Waals surface area contributed by atoms with Crippen molar-refractivity contribution in [1.29, 1.82) is 0 Å². The van der Waals surface area contributed by atoms with E-state index >= 15 is 0 Å². The zero-order valence-electron chi connectivity index (χ0n) is 16.6. The molecule has 1 unspecified atom stereocenters. The Morgan fingerprint density at radius 3 is 2.45 bits per heavy atom. The Labute approximate surface area is 169 Å². The molecule has 0 bridgehead atoms. The fourth-order valence-corrected chi connectivity index (χ4v) is 3.10. The number of aliphatic hydroxyl groups excluding tert-OH is 1. The number of hydrogen-bond donors (Lipinski definition) is 1. The summed E-state index contributed by atoms with van der Waals surface area (Å²) >= 11 is 0. The van der Waals surface area contributed by atoms with E-state index < -0.39 is 36.3 Å². The molecule has 1 atom stereocenters. The van der Waals surface area contributed by atoms with Crippen LogP contribution in [0.5, 0.6) is 0 Å². The monoisotopic (exact) mass is 406 g/mol. The smallest absolute Gasteiger partial charge is 0.326 e. The van der Waals surface area contributed by atoms with Crippen LogP contribution in [0.25, 0.3) is 0 Å². The number of fused-ring (bicyclic) bond motifs is 1. The van der Waals surface area contributed by atoms with Crippen LogP contribution < -0.4 is 4.90 Å². The summed E-state index contributed by atoms with van der Waals surface area (Å²) in [5, 5.41) is 10.7. The maximum absolute atomic E-state index is 12.8. The molecule has 0 radical (unpaired) electrons. The Kier molecular flexibility index (Phi) is 8.14. The molecule has 0 saturated heterocycles. The lowest BCUT2D eigenvalue weighted by Gasteiger charge is -2.25. The molecule has 29 heavy (non-hydrogen) atoms. The lowest BCUT2D eigenvalue weighted by atomic mass is 10.1. The van der Waals surface area contributed by atoms with E-state index in [1.165, 1.54) is 9.80 Å². The van der Waals surface area contributed by atoms with Crippen molar-refractivity contribution in [3.63, 3.8) is 0 Å². The molecule has 1 aliphatic heterocycles. The second-order valence-electron chi connectivity index (χ2n) is 6.43. The van der Waals surface area contributed by atoms with Crippen molar-refractivity contribution < 1.29 is 33.8 Å². The van der Waals surface area contributed by atoms with E-state index in [0.29, 0.717) is 11.3 Å². The summed E-state index contributed by atoms with van der Waals surface area (Å²) in [4.78, 5) is 51.5. The summed E-state index contributed by atoms with van der Waals surface area (Å²) in [6, 6.07) is 6.65. The molecule has 1 N–H and O–H groups in total. The van der Waals surface area contributed by atoms with Gasteiger partial charge in [-0.2, -0.15) is 0 Å². The normalized spacial score (nSPS) is 16.9. The molecule has 0 saturated carbocycles. The Morgan fingerprint density at radius 2 is 1.76 bits per heavy atom. The maximum atomic E-state index is 12.8. The molecular weight excluding hydrogens is 380 g/mol. The minimum atomic E-state index is -1.10. The largest absolute Gasteiger partial charge is 0.466 e. The van der Waals surface area contributed by atoms with Crippen LogP contribution in [0.15, 0.2) is 24.3 Å². The predicted molar refractivity (Wildman–Crippen MR) is 103 cm³/mol. The van der Waals surface area contributed by atoms with Crippen molar-refractivity contribution in [2.24, 2.45) is 0 Å². The Bertz CT molecular complexity index is 765. The number of rotatable bonds is 6. The van der Waals surface area contributed by atoms with Crippen molar-refractivity contribution in [3.8, 4) is 0 Å². The number of benzene rings is 1. The van der Waals surface area contributed by atoms with Gasteiger partial charge < -0.3 is 24.4 Å². The second-order valence-corrected chi connectivity index (χ2v) is 6.43. The van der Waals surface area contributed by atoms with Gasteiger partial charge in [-0.1, -0.05) is 18.2 Å². The maximum Gasteiger partial charge on any atom is 0.326 e. The van der Waals surface area contributed by atoms with Gasteiger partial charge in [-0.05, 0) is 19.9 Å². The van der Waals surface area contributed by atoms with Crippen molar-refractivity contribution >= 4 is 29.4 Å². The number of carbonyl (C=O) groups is 4. The molecular formula is C20H26N2O7. The number of anilines is 1. The van der Waals surface area contributed by atoms with E-state index in [1.54, 1.807) is 38.1 Å². The summed E-state index contributed by atoms with van der Waals surface area (Å²) < 4.78 is 9.75. The highest BCUT2D eigenvalue weighted by atomic mass is 16.5. The quantitative estimate of drug-likeness (QED) is 0.549. The van der Waals surface area contributed by atoms with E-state index in [2.05, 4.69) is 0 Å². The number of para-hydroxylation sites is 1. The molecule has 1 aliphatic rings. The van der Waals surface area contributed by atoms with Crippen LogP contribution in [-0.4, -0.2) is 66.6 Å². The first-order valence-electron chi connectivity index (χ1n) is 9.53. The molecule has 0 spiro atoms. The lowest BCUT2D eigenvalue weighted by Crippen LogP contribution is -2.39. The highest BCUT2D eigenvalue weighted by molar-refractivity contribution is 5.99. The average Bonchev–Trinajstić information content (AvgIpc) is 2.73. The number of nitrogens with zero attached hydrogens (tertiary/aromatic N) is 2. The highest BCUT2D eigenvalue weighted by Crippen LogP contribution is 2.29. The summed E-state index contributed by atoms with van der Waals surface area (Å²) in [6.45, 7) is 3.26. The lowest BCUT2D eigenvalue weighted by molar-refractivity contribution is -0.149. The molecule has 1 aromatic carbocycles. The summed E-state index contributed by atoms with van der Waals surface area (Å²) in [5.74, 6) is -2.16. The number of aliphatic hydroxyl groups is 1. The third kappa shape index (κ3) is 6.02. The molecule has 9 nitrogen and oxygen atoms in total. The summed E-state index contributed by atoms with van der Waals surface area (Å²) in [5.41, 5.74) is 0.790. The summed E-state index contributed by atoms with van der Waals surface area (Å²) in [6.07, 6.45) is -1.65. The first-order chi connectivity index (χ1) is 13.9. The number of esters is 2. The number of amides is 2. The van der Waals surface area contributed by atoms with E-state index in [9.17, 15) is 24.3 Å². The zero-order chi connectivity index (χ0) is 21.4. The van der Waals surface area contributed by atoms with Crippen molar-refractivity contribution in [1.82, 2.24) is 4.90 Å². The number of carbonyl (C=O) groups excluding carboxylic acids is 4. The number of ether oxygens (including phenoxy) is 2. The van der Waals surface area contributed by atoms with Crippen LogP contribution in [0.4, 0.5) is 5.69 Å². The Morgan fingerprint density at radius 1 is 1.10 bits per heavy atom. The van der Waals surface area contributed by atoms with Crippen LogP contribution in [-0.2, 0) is 28.7 Å². The van der Waals surface area contributed by atoms with Crippen molar-refractivity contribution in [2.45, 2.75) is 32.8 Å². The molecule has 9 heteroatoms. The predicted octanol–water partition coefficient (Wildman–Crippen LogP) is 0.802. The summed E-state index contributed by atoms with van der Waals surface area (Å²) in [7, 11) is 0. The Balaban J connectivity index is 2.29. The van der Waals surface area contributed by atoms with Gasteiger partial charge in [0.1, 0.15) is 13.0 Å². The third-order valence-corrected chi connectivity index (χ3v) is 4.42. The van der Waals surface area contributed by atoms with Gasteiger partial charge in [0, 0.05) is 18.5 Å². The molecule has 0 aromatic heterocycles. The number of β-amino-alcohol motifs (C(OH)–C–C–N with tert-alkyl or cyclic N) is 1. The van der Waals surface area contributed by atoms with Gasteiger partial charge in [0.25, 0.3) is 0 Å². The molecule has 2 rings (SSSR count). The van der Waals surface area contributed by atoms with Gasteiger partial charge in [0.05, 0.1) is 31.5 Å². The fraction of sp³-hybridized carbons (Fsp3) is 0.500. The standard InChI is InChI=1S/C20H26N2O7/c1-3-28-19(26)11-18(25)21-10-9-17(24)22(13-20(27)29-4-2)15-8-6-5-7-14(15)16(23)12-21/h5-8,16,23H,3-4,9-13H2,1-2H3. The van der Waals surface area contributed by atoms with Gasteiger partial charge in [0.2, 0.25) is 11.8 Å². The van der Waals surface area contributed by atoms with Gasteiger partial charge in [-0.15, -0.1) is 0 Å². The third-order valence-electron chi connectivity index (χ3n) is 4.42.